The van der Waals surface area contributed by atoms with Crippen LogP contribution < -0.4 is 4.74 Å². The normalized spacial score (nSPS) is 24.7. The molecule has 2 nitrogen and oxygen atoms in total. The summed E-state index contributed by atoms with van der Waals surface area (Å²) in [6.45, 7) is 3.52. The van der Waals surface area contributed by atoms with Crippen molar-refractivity contribution in [3.05, 3.63) is 24.3 Å². The zero-order chi connectivity index (χ0) is 10.0. The summed E-state index contributed by atoms with van der Waals surface area (Å²) in [5, 5.41) is 0. The number of epoxide rings is 1. The Morgan fingerprint density at radius 1 is 1.43 bits per heavy atom. The van der Waals surface area contributed by atoms with E-state index in [9.17, 15) is 0 Å². The number of rotatable bonds is 4. The van der Waals surface area contributed by atoms with Crippen molar-refractivity contribution in [3.8, 4) is 5.75 Å². The quantitative estimate of drug-likeness (QED) is 0.563. The van der Waals surface area contributed by atoms with E-state index < -0.39 is 0 Å². The van der Waals surface area contributed by atoms with E-state index in [0.29, 0.717) is 6.61 Å². The van der Waals surface area contributed by atoms with Crippen LogP contribution in [0.15, 0.2) is 29.2 Å². The van der Waals surface area contributed by atoms with Crippen molar-refractivity contribution in [3.63, 3.8) is 0 Å². The Labute approximate surface area is 88.6 Å². The third-order valence-corrected chi connectivity index (χ3v) is 2.98. The highest BCUT2D eigenvalue weighted by molar-refractivity contribution is 7.98. The summed E-state index contributed by atoms with van der Waals surface area (Å²) in [6.07, 6.45) is 2.06. The lowest BCUT2D eigenvalue weighted by Crippen LogP contribution is -2.16. The maximum absolute atomic E-state index is 5.60. The first-order valence-corrected chi connectivity index (χ1v) is 5.85. The van der Waals surface area contributed by atoms with E-state index in [1.54, 1.807) is 11.8 Å². The molecule has 1 aliphatic heterocycles. The molecule has 1 atom stereocenters. The van der Waals surface area contributed by atoms with Crippen molar-refractivity contribution in [1.82, 2.24) is 0 Å². The molecule has 14 heavy (non-hydrogen) atoms. The van der Waals surface area contributed by atoms with Gasteiger partial charge in [0.25, 0.3) is 0 Å². The van der Waals surface area contributed by atoms with Crippen LogP contribution in [-0.4, -0.2) is 25.1 Å². The third-order valence-electron chi connectivity index (χ3n) is 2.24. The molecule has 0 saturated carbocycles. The Balaban J connectivity index is 1.89. The van der Waals surface area contributed by atoms with Gasteiger partial charge in [0, 0.05) is 4.90 Å². The monoisotopic (exact) mass is 210 g/mol. The molecular formula is C11H14O2S. The third kappa shape index (κ3) is 2.42. The Bertz CT molecular complexity index is 304. The Morgan fingerprint density at radius 3 is 2.57 bits per heavy atom. The number of hydrogen-bond donors (Lipinski definition) is 0. The molecule has 76 valence electrons. The van der Waals surface area contributed by atoms with E-state index in [4.69, 9.17) is 9.47 Å². The highest BCUT2D eigenvalue weighted by Crippen LogP contribution is 2.27. The molecule has 1 aromatic rings. The Hall–Kier alpha value is -0.670. The molecule has 0 radical (unpaired) electrons. The van der Waals surface area contributed by atoms with Crippen LogP contribution in [0.1, 0.15) is 6.92 Å². The maximum atomic E-state index is 5.60. The molecule has 1 fully saturated rings. The molecule has 0 spiro atoms. The van der Waals surface area contributed by atoms with Crippen LogP contribution in [0, 0.1) is 0 Å². The van der Waals surface area contributed by atoms with Gasteiger partial charge in [0.05, 0.1) is 6.61 Å². The first kappa shape index (κ1) is 9.87. The Kier molecular flexibility index (Phi) is 2.70. The van der Waals surface area contributed by atoms with Gasteiger partial charge in [-0.05, 0) is 37.4 Å². The van der Waals surface area contributed by atoms with Crippen molar-refractivity contribution in [2.24, 2.45) is 0 Å². The highest BCUT2D eigenvalue weighted by Gasteiger charge is 2.40. The van der Waals surface area contributed by atoms with Crippen LogP contribution in [0.2, 0.25) is 0 Å². The van der Waals surface area contributed by atoms with Crippen molar-refractivity contribution in [1.29, 1.82) is 0 Å². The van der Waals surface area contributed by atoms with Gasteiger partial charge in [0.2, 0.25) is 0 Å². The molecular weight excluding hydrogens is 196 g/mol. The van der Waals surface area contributed by atoms with Gasteiger partial charge in [-0.1, -0.05) is 0 Å². The highest BCUT2D eigenvalue weighted by atomic mass is 32.2. The van der Waals surface area contributed by atoms with Crippen molar-refractivity contribution in [2.75, 3.05) is 19.5 Å². The average Bonchev–Trinajstić information content (AvgIpc) is 2.95. The number of ether oxygens (including phenoxy) is 2. The van der Waals surface area contributed by atoms with Gasteiger partial charge >= 0.3 is 0 Å². The van der Waals surface area contributed by atoms with Gasteiger partial charge in [-0.25, -0.2) is 0 Å². The summed E-state index contributed by atoms with van der Waals surface area (Å²) in [4.78, 5) is 1.26. The standard InChI is InChI=1S/C11H14O2S/c1-11(8-13-11)7-12-9-3-5-10(14-2)6-4-9/h3-6H,7-8H2,1-2H3. The van der Waals surface area contributed by atoms with Crippen LogP contribution in [0.5, 0.6) is 5.75 Å². The molecule has 1 aromatic carbocycles. The van der Waals surface area contributed by atoms with E-state index in [-0.39, 0.29) is 5.60 Å². The van der Waals surface area contributed by atoms with E-state index >= 15 is 0 Å². The second kappa shape index (κ2) is 3.83. The second-order valence-corrected chi connectivity index (χ2v) is 4.58. The van der Waals surface area contributed by atoms with E-state index in [0.717, 1.165) is 12.4 Å². The molecule has 1 saturated heterocycles. The van der Waals surface area contributed by atoms with Crippen molar-refractivity contribution >= 4 is 11.8 Å². The minimum absolute atomic E-state index is 0.0296. The van der Waals surface area contributed by atoms with Gasteiger partial charge < -0.3 is 9.47 Å². The van der Waals surface area contributed by atoms with Gasteiger partial charge in [-0.3, -0.25) is 0 Å². The summed E-state index contributed by atoms with van der Waals surface area (Å²) < 4.78 is 10.8. The molecule has 0 N–H and O–H groups in total. The van der Waals surface area contributed by atoms with Crippen LogP contribution in [0.3, 0.4) is 0 Å². The largest absolute Gasteiger partial charge is 0.491 e. The van der Waals surface area contributed by atoms with E-state index in [1.165, 1.54) is 4.90 Å². The fourth-order valence-corrected chi connectivity index (χ4v) is 1.52. The van der Waals surface area contributed by atoms with Crippen LogP contribution in [0.4, 0.5) is 0 Å². The van der Waals surface area contributed by atoms with Crippen molar-refractivity contribution < 1.29 is 9.47 Å². The SMILES string of the molecule is CSc1ccc(OCC2(C)CO2)cc1. The first-order valence-electron chi connectivity index (χ1n) is 4.63. The van der Waals surface area contributed by atoms with Crippen molar-refractivity contribution in [2.45, 2.75) is 17.4 Å². The summed E-state index contributed by atoms with van der Waals surface area (Å²) >= 11 is 1.73. The fraction of sp³-hybridized carbons (Fsp3) is 0.455. The van der Waals surface area contributed by atoms with Crippen LogP contribution in [0.25, 0.3) is 0 Å². The lowest BCUT2D eigenvalue weighted by Gasteiger charge is -2.08. The minimum Gasteiger partial charge on any atom is -0.491 e. The molecule has 1 unspecified atom stereocenters. The summed E-state index contributed by atoms with van der Waals surface area (Å²) in [7, 11) is 0. The van der Waals surface area contributed by atoms with Crippen LogP contribution in [-0.2, 0) is 4.74 Å². The number of thioether (sulfide) groups is 1. The van der Waals surface area contributed by atoms with Gasteiger partial charge in [0.15, 0.2) is 0 Å². The van der Waals surface area contributed by atoms with Gasteiger partial charge in [-0.15, -0.1) is 11.8 Å². The molecule has 2 rings (SSSR count). The zero-order valence-electron chi connectivity index (χ0n) is 8.45. The zero-order valence-corrected chi connectivity index (χ0v) is 9.26. The summed E-state index contributed by atoms with van der Waals surface area (Å²) in [6, 6.07) is 8.13. The second-order valence-electron chi connectivity index (χ2n) is 3.70. The lowest BCUT2D eigenvalue weighted by molar-refractivity contribution is 0.202. The number of hydrogen-bond acceptors (Lipinski definition) is 3. The smallest absolute Gasteiger partial charge is 0.123 e. The van der Waals surface area contributed by atoms with Gasteiger partial charge in [0.1, 0.15) is 18.0 Å². The molecule has 0 bridgehead atoms. The topological polar surface area (TPSA) is 21.8 Å². The predicted molar refractivity (Wildman–Crippen MR) is 58.1 cm³/mol. The molecule has 0 aromatic heterocycles. The molecule has 1 aliphatic rings. The molecule has 0 aliphatic carbocycles. The average molecular weight is 210 g/mol. The first-order chi connectivity index (χ1) is 6.72. The number of benzene rings is 1. The Morgan fingerprint density at radius 2 is 2.07 bits per heavy atom. The maximum Gasteiger partial charge on any atom is 0.123 e. The lowest BCUT2D eigenvalue weighted by atomic mass is 10.2. The minimum atomic E-state index is -0.0296. The molecule has 1 heterocycles. The van der Waals surface area contributed by atoms with E-state index in [1.807, 2.05) is 12.1 Å². The molecule has 3 heteroatoms. The van der Waals surface area contributed by atoms with Crippen LogP contribution >= 0.6 is 11.8 Å². The van der Waals surface area contributed by atoms with Gasteiger partial charge in [-0.2, -0.15) is 0 Å². The summed E-state index contributed by atoms with van der Waals surface area (Å²) in [5.74, 6) is 0.916. The van der Waals surface area contributed by atoms with E-state index in [2.05, 4.69) is 25.3 Å². The fourth-order valence-electron chi connectivity index (χ4n) is 1.11. The predicted octanol–water partition coefficient (Wildman–Crippen LogP) is 2.58. The summed E-state index contributed by atoms with van der Waals surface area (Å²) in [5.41, 5.74) is -0.0296. The molecule has 0 amide bonds.